The number of sulfonamides is 1. The van der Waals surface area contributed by atoms with Crippen LogP contribution < -0.4 is 5.32 Å². The van der Waals surface area contributed by atoms with E-state index in [0.717, 1.165) is 32.1 Å². The van der Waals surface area contributed by atoms with E-state index in [1.54, 1.807) is 23.1 Å². The van der Waals surface area contributed by atoms with Crippen molar-refractivity contribution in [3.05, 3.63) is 24.3 Å². The lowest BCUT2D eigenvalue weighted by Crippen LogP contribution is -2.47. The quantitative estimate of drug-likeness (QED) is 0.724. The Kier molecular flexibility index (Phi) is 7.17. The van der Waals surface area contributed by atoms with Crippen LogP contribution in [0.4, 0.5) is 5.69 Å². The first-order valence-corrected chi connectivity index (χ1v) is 13.2. The second-order valence-corrected chi connectivity index (χ2v) is 11.2. The van der Waals surface area contributed by atoms with Crippen LogP contribution in [0.5, 0.6) is 0 Å². The number of hydrogen-bond acceptors (Lipinski definition) is 5. The van der Waals surface area contributed by atoms with Crippen LogP contribution in [0.1, 0.15) is 44.9 Å². The van der Waals surface area contributed by atoms with E-state index in [0.29, 0.717) is 44.8 Å². The number of piperazine rings is 1. The van der Waals surface area contributed by atoms with Crippen molar-refractivity contribution in [1.29, 1.82) is 0 Å². The molecular formula is C23H34N4O4S. The highest BCUT2D eigenvalue weighted by Gasteiger charge is 2.37. The number of carbonyl (C=O) groups is 2. The van der Waals surface area contributed by atoms with Gasteiger partial charge in [0.05, 0.1) is 4.90 Å². The highest BCUT2D eigenvalue weighted by atomic mass is 32.2. The summed E-state index contributed by atoms with van der Waals surface area (Å²) >= 11 is 0. The molecule has 1 atom stereocenters. The van der Waals surface area contributed by atoms with Crippen LogP contribution in [0.2, 0.25) is 0 Å². The first kappa shape index (κ1) is 23.2. The Balaban J connectivity index is 1.43. The molecule has 0 radical (unpaired) electrons. The first-order chi connectivity index (χ1) is 15.4. The van der Waals surface area contributed by atoms with E-state index in [2.05, 4.69) is 10.2 Å². The predicted octanol–water partition coefficient (Wildman–Crippen LogP) is 2.13. The summed E-state index contributed by atoms with van der Waals surface area (Å²) in [4.78, 5) is 30.1. The van der Waals surface area contributed by atoms with E-state index in [1.165, 1.54) is 16.8 Å². The summed E-state index contributed by atoms with van der Waals surface area (Å²) in [7, 11) is -1.63. The minimum absolute atomic E-state index is 0.0363. The molecule has 3 aliphatic rings. The first-order valence-electron chi connectivity index (χ1n) is 11.8. The van der Waals surface area contributed by atoms with Crippen molar-refractivity contribution in [1.82, 2.24) is 14.1 Å². The summed E-state index contributed by atoms with van der Waals surface area (Å²) in [5.41, 5.74) is 0.446. The number of benzene rings is 1. The summed E-state index contributed by atoms with van der Waals surface area (Å²) in [6.07, 6.45) is 6.62. The highest BCUT2D eigenvalue weighted by molar-refractivity contribution is 7.89. The number of nitrogens with zero attached hydrogens (tertiary/aromatic N) is 3. The van der Waals surface area contributed by atoms with E-state index in [1.807, 2.05) is 7.05 Å². The minimum Gasteiger partial charge on any atom is -0.330 e. The SMILES string of the molecule is CN1CCN(S(=O)(=O)c2cccc(NC(=O)C3CCCN3C(=O)C3CCCCC3)c2)CC1. The molecule has 0 bridgehead atoms. The zero-order valence-corrected chi connectivity index (χ0v) is 19.6. The van der Waals surface area contributed by atoms with E-state index in [4.69, 9.17) is 0 Å². The minimum atomic E-state index is -3.61. The van der Waals surface area contributed by atoms with Gasteiger partial charge in [0.2, 0.25) is 21.8 Å². The van der Waals surface area contributed by atoms with Crippen molar-refractivity contribution in [2.45, 2.75) is 55.9 Å². The van der Waals surface area contributed by atoms with Gasteiger partial charge in [-0.3, -0.25) is 9.59 Å². The van der Waals surface area contributed by atoms with Crippen LogP contribution in [0.25, 0.3) is 0 Å². The molecule has 1 saturated carbocycles. The zero-order chi connectivity index (χ0) is 22.7. The Labute approximate surface area is 191 Å². The molecule has 2 saturated heterocycles. The number of hydrogen-bond donors (Lipinski definition) is 1. The van der Waals surface area contributed by atoms with Crippen LogP contribution in [0, 0.1) is 5.92 Å². The topological polar surface area (TPSA) is 90.0 Å². The summed E-state index contributed by atoms with van der Waals surface area (Å²) in [6.45, 7) is 2.92. The third-order valence-corrected chi connectivity index (χ3v) is 8.89. The molecule has 4 rings (SSSR count). The van der Waals surface area contributed by atoms with Gasteiger partial charge in [0.25, 0.3) is 0 Å². The number of rotatable bonds is 5. The Morgan fingerprint density at radius 1 is 0.938 bits per heavy atom. The molecule has 2 heterocycles. The molecule has 2 amide bonds. The van der Waals surface area contributed by atoms with Crippen LogP contribution in [-0.2, 0) is 19.6 Å². The average molecular weight is 463 g/mol. The van der Waals surface area contributed by atoms with Gasteiger partial charge in [-0.15, -0.1) is 0 Å². The molecule has 8 nitrogen and oxygen atoms in total. The summed E-state index contributed by atoms with van der Waals surface area (Å²) in [5.74, 6) is -0.0937. The predicted molar refractivity (Wildman–Crippen MR) is 123 cm³/mol. The summed E-state index contributed by atoms with van der Waals surface area (Å²) < 4.78 is 27.6. The third kappa shape index (κ3) is 5.00. The Morgan fingerprint density at radius 3 is 2.38 bits per heavy atom. The van der Waals surface area contributed by atoms with Crippen molar-refractivity contribution < 1.29 is 18.0 Å². The third-order valence-electron chi connectivity index (χ3n) is 6.99. The molecule has 32 heavy (non-hydrogen) atoms. The van der Waals surface area contributed by atoms with Crippen molar-refractivity contribution in [2.75, 3.05) is 45.1 Å². The number of carbonyl (C=O) groups excluding carboxylic acids is 2. The van der Waals surface area contributed by atoms with Crippen molar-refractivity contribution in [3.8, 4) is 0 Å². The number of likely N-dealkylation sites (tertiary alicyclic amines) is 1. The van der Waals surface area contributed by atoms with Gasteiger partial charge in [-0.1, -0.05) is 25.3 Å². The lowest BCUT2D eigenvalue weighted by Gasteiger charge is -2.31. The van der Waals surface area contributed by atoms with Gasteiger partial charge >= 0.3 is 0 Å². The molecule has 1 unspecified atom stereocenters. The molecule has 3 fully saturated rings. The molecule has 176 valence electrons. The maximum atomic E-state index is 13.0. The molecule has 9 heteroatoms. The largest absolute Gasteiger partial charge is 0.330 e. The maximum absolute atomic E-state index is 13.0. The Hall–Kier alpha value is -1.97. The smallest absolute Gasteiger partial charge is 0.247 e. The Morgan fingerprint density at radius 2 is 1.66 bits per heavy atom. The van der Waals surface area contributed by atoms with E-state index in [9.17, 15) is 18.0 Å². The zero-order valence-electron chi connectivity index (χ0n) is 18.8. The normalized spacial score (nSPS) is 23.9. The fourth-order valence-corrected chi connectivity index (χ4v) is 6.49. The fraction of sp³-hybridized carbons (Fsp3) is 0.652. The Bertz CT molecular complexity index is 937. The molecule has 1 aromatic carbocycles. The molecule has 1 aromatic rings. The van der Waals surface area contributed by atoms with Gasteiger partial charge < -0.3 is 15.1 Å². The van der Waals surface area contributed by atoms with Crippen molar-refractivity contribution in [2.24, 2.45) is 5.92 Å². The molecule has 1 N–H and O–H groups in total. The summed E-state index contributed by atoms with van der Waals surface area (Å²) in [6, 6.07) is 5.95. The van der Waals surface area contributed by atoms with Gasteiger partial charge in [-0.2, -0.15) is 4.31 Å². The molecule has 0 aromatic heterocycles. The van der Waals surface area contributed by atoms with Crippen LogP contribution in [0.15, 0.2) is 29.2 Å². The lowest BCUT2D eigenvalue weighted by molar-refractivity contribution is -0.141. The average Bonchev–Trinajstić information content (AvgIpc) is 3.30. The maximum Gasteiger partial charge on any atom is 0.247 e. The molecule has 1 aliphatic carbocycles. The van der Waals surface area contributed by atoms with Gasteiger partial charge in [-0.25, -0.2) is 8.42 Å². The highest BCUT2D eigenvalue weighted by Crippen LogP contribution is 2.29. The number of likely N-dealkylation sites (N-methyl/N-ethyl adjacent to an activating group) is 1. The van der Waals surface area contributed by atoms with E-state index >= 15 is 0 Å². The van der Waals surface area contributed by atoms with Crippen molar-refractivity contribution in [3.63, 3.8) is 0 Å². The second-order valence-electron chi connectivity index (χ2n) is 9.25. The summed E-state index contributed by atoms with van der Waals surface area (Å²) in [5, 5.41) is 2.87. The van der Waals surface area contributed by atoms with Crippen LogP contribution in [0.3, 0.4) is 0 Å². The fourth-order valence-electron chi connectivity index (χ4n) is 5.02. The van der Waals surface area contributed by atoms with Crippen LogP contribution in [-0.4, -0.2) is 80.2 Å². The van der Waals surface area contributed by atoms with Gasteiger partial charge in [0, 0.05) is 44.3 Å². The molecule has 0 spiro atoms. The number of amides is 2. The van der Waals surface area contributed by atoms with Crippen molar-refractivity contribution >= 4 is 27.5 Å². The molecular weight excluding hydrogens is 428 g/mol. The van der Waals surface area contributed by atoms with Gasteiger partial charge in [-0.05, 0) is 50.9 Å². The van der Waals surface area contributed by atoms with Gasteiger partial charge in [0.1, 0.15) is 6.04 Å². The second kappa shape index (κ2) is 9.89. The monoisotopic (exact) mass is 462 g/mol. The van der Waals surface area contributed by atoms with Crippen LogP contribution >= 0.6 is 0 Å². The number of anilines is 1. The van der Waals surface area contributed by atoms with Gasteiger partial charge in [0.15, 0.2) is 0 Å². The van der Waals surface area contributed by atoms with E-state index < -0.39 is 16.1 Å². The lowest BCUT2D eigenvalue weighted by atomic mass is 9.88. The standard InChI is InChI=1S/C23H34N4O4S/c1-25-13-15-26(16-14-25)32(30,31)20-10-5-9-19(17-20)24-22(28)21-11-6-12-27(21)23(29)18-7-3-2-4-8-18/h5,9-10,17-18,21H,2-4,6-8,11-16H2,1H3,(H,24,28). The molecule has 2 aliphatic heterocycles. The number of nitrogens with one attached hydrogen (secondary N) is 1. The van der Waals surface area contributed by atoms with E-state index in [-0.39, 0.29) is 22.6 Å².